The molecule has 0 fully saturated rings. The van der Waals surface area contributed by atoms with Crippen molar-refractivity contribution in [3.63, 3.8) is 0 Å². The highest BCUT2D eigenvalue weighted by molar-refractivity contribution is 5.79. The predicted molar refractivity (Wildman–Crippen MR) is 31.9 cm³/mol. The Bertz CT molecular complexity index is 182. The van der Waals surface area contributed by atoms with Gasteiger partial charge in [0.2, 0.25) is 0 Å². The standard InChI is InChI=1S/C5H7NO4/c6-1-3(2-7)4(8)5(9)10/h4,8H,1,6H2,(H,9,10). The predicted octanol–water partition coefficient (Wildman–Crippen LogP) is -1.85. The van der Waals surface area contributed by atoms with Gasteiger partial charge < -0.3 is 15.9 Å². The lowest BCUT2D eigenvalue weighted by atomic mass is 10.2. The van der Waals surface area contributed by atoms with E-state index in [2.05, 4.69) is 0 Å². The molecule has 0 aromatic carbocycles. The Balaban J connectivity index is 4.32. The number of aliphatic carboxylic acids is 1. The zero-order chi connectivity index (χ0) is 8.15. The number of hydrogen-bond donors (Lipinski definition) is 3. The molecule has 56 valence electrons. The van der Waals surface area contributed by atoms with Crippen molar-refractivity contribution in [3.8, 4) is 0 Å². The second-order valence-electron chi connectivity index (χ2n) is 1.57. The van der Waals surface area contributed by atoms with Gasteiger partial charge in [-0.15, -0.1) is 0 Å². The molecule has 0 heterocycles. The Labute approximate surface area is 56.8 Å². The molecule has 1 atom stereocenters. The summed E-state index contributed by atoms with van der Waals surface area (Å²) in [5.41, 5.74) is 4.54. The van der Waals surface area contributed by atoms with E-state index < -0.39 is 12.1 Å². The lowest BCUT2D eigenvalue weighted by Crippen LogP contribution is -2.26. The maximum Gasteiger partial charge on any atom is 0.337 e. The maximum atomic E-state index is 9.95. The zero-order valence-corrected chi connectivity index (χ0v) is 5.07. The van der Waals surface area contributed by atoms with Crippen molar-refractivity contribution in [2.24, 2.45) is 5.73 Å². The number of hydrogen-bond acceptors (Lipinski definition) is 4. The summed E-state index contributed by atoms with van der Waals surface area (Å²) in [6.07, 6.45) is -1.82. The fourth-order valence-electron chi connectivity index (χ4n) is 0.358. The van der Waals surface area contributed by atoms with Crippen LogP contribution in [-0.2, 0) is 9.59 Å². The van der Waals surface area contributed by atoms with Crippen LogP contribution in [0.15, 0.2) is 5.57 Å². The molecule has 0 radical (unpaired) electrons. The van der Waals surface area contributed by atoms with Crippen LogP contribution in [0.5, 0.6) is 0 Å². The van der Waals surface area contributed by atoms with Crippen LogP contribution < -0.4 is 5.73 Å². The second kappa shape index (κ2) is 3.79. The summed E-state index contributed by atoms with van der Waals surface area (Å²) in [5.74, 6) is -0.253. The van der Waals surface area contributed by atoms with Crippen molar-refractivity contribution < 1.29 is 19.8 Å². The van der Waals surface area contributed by atoms with Gasteiger partial charge in [-0.1, -0.05) is 0 Å². The number of carbonyl (C=O) groups excluding carboxylic acids is 1. The number of carbonyl (C=O) groups is 1. The van der Waals surface area contributed by atoms with Crippen LogP contribution in [0.1, 0.15) is 0 Å². The molecule has 5 nitrogen and oxygen atoms in total. The molecule has 5 heteroatoms. The highest BCUT2D eigenvalue weighted by Gasteiger charge is 2.18. The van der Waals surface area contributed by atoms with Gasteiger partial charge in [-0.2, -0.15) is 0 Å². The van der Waals surface area contributed by atoms with E-state index in [-0.39, 0.29) is 12.1 Å². The van der Waals surface area contributed by atoms with Crippen molar-refractivity contribution in [1.82, 2.24) is 0 Å². The SMILES string of the molecule is NCC(=C=O)C(O)C(=O)O. The van der Waals surface area contributed by atoms with E-state index in [1.54, 1.807) is 0 Å². The molecule has 0 bridgehead atoms. The average molecular weight is 145 g/mol. The van der Waals surface area contributed by atoms with Crippen molar-refractivity contribution >= 4 is 11.9 Å². The van der Waals surface area contributed by atoms with E-state index >= 15 is 0 Å². The highest BCUT2D eigenvalue weighted by atomic mass is 16.4. The molecular weight excluding hydrogens is 138 g/mol. The van der Waals surface area contributed by atoms with E-state index in [1.807, 2.05) is 0 Å². The van der Waals surface area contributed by atoms with Gasteiger partial charge in [0.25, 0.3) is 0 Å². The normalized spacial score (nSPS) is 11.8. The number of rotatable bonds is 3. The van der Waals surface area contributed by atoms with Gasteiger partial charge in [-0.25, -0.2) is 9.59 Å². The van der Waals surface area contributed by atoms with Crippen molar-refractivity contribution in [3.05, 3.63) is 5.57 Å². The number of aliphatic hydroxyl groups is 1. The minimum absolute atomic E-state index is 0.295. The lowest BCUT2D eigenvalue weighted by Gasteiger charge is -2.02. The summed E-state index contributed by atoms with van der Waals surface area (Å²) in [7, 11) is 0. The number of aliphatic hydroxyl groups excluding tert-OH is 1. The molecule has 10 heavy (non-hydrogen) atoms. The highest BCUT2D eigenvalue weighted by Crippen LogP contribution is 1.94. The van der Waals surface area contributed by atoms with Gasteiger partial charge in [0.1, 0.15) is 5.94 Å². The van der Waals surface area contributed by atoms with E-state index in [1.165, 1.54) is 5.94 Å². The first-order chi connectivity index (χ1) is 4.63. The first-order valence-corrected chi connectivity index (χ1v) is 2.48. The molecule has 0 aliphatic carbocycles. The lowest BCUT2D eigenvalue weighted by molar-refractivity contribution is -0.144. The molecule has 1 unspecified atom stereocenters. The van der Waals surface area contributed by atoms with Gasteiger partial charge in [-0.05, 0) is 0 Å². The Kier molecular flexibility index (Phi) is 3.35. The topological polar surface area (TPSA) is 101 Å². The van der Waals surface area contributed by atoms with Crippen LogP contribution in [0, 0.1) is 0 Å². The third-order valence-electron chi connectivity index (χ3n) is 0.915. The summed E-state index contributed by atoms with van der Waals surface area (Å²) in [6.45, 7) is -0.295. The van der Waals surface area contributed by atoms with E-state index in [0.717, 1.165) is 0 Å². The number of nitrogens with two attached hydrogens (primary N) is 1. The Morgan fingerprint density at radius 3 is 2.30 bits per heavy atom. The Morgan fingerprint density at radius 2 is 2.20 bits per heavy atom. The summed E-state index contributed by atoms with van der Waals surface area (Å²) in [4.78, 5) is 19.8. The van der Waals surface area contributed by atoms with Crippen LogP contribution in [0.3, 0.4) is 0 Å². The van der Waals surface area contributed by atoms with Crippen LogP contribution in [0.4, 0.5) is 0 Å². The van der Waals surface area contributed by atoms with Crippen LogP contribution in [-0.4, -0.2) is 34.8 Å². The van der Waals surface area contributed by atoms with Gasteiger partial charge in [0, 0.05) is 6.54 Å². The van der Waals surface area contributed by atoms with Gasteiger partial charge >= 0.3 is 5.97 Å². The number of carboxylic acid groups (broad SMARTS) is 1. The van der Waals surface area contributed by atoms with Crippen LogP contribution in [0.2, 0.25) is 0 Å². The minimum Gasteiger partial charge on any atom is -0.479 e. The van der Waals surface area contributed by atoms with E-state index in [4.69, 9.17) is 15.9 Å². The summed E-state index contributed by atoms with van der Waals surface area (Å²) in [5, 5.41) is 16.7. The first kappa shape index (κ1) is 8.84. The monoisotopic (exact) mass is 145 g/mol. The van der Waals surface area contributed by atoms with Gasteiger partial charge in [0.15, 0.2) is 6.10 Å². The summed E-state index contributed by atoms with van der Waals surface area (Å²) < 4.78 is 0. The molecule has 0 amide bonds. The molecule has 4 N–H and O–H groups in total. The van der Waals surface area contributed by atoms with Crippen molar-refractivity contribution in [2.75, 3.05) is 6.54 Å². The minimum atomic E-state index is -1.82. The first-order valence-electron chi connectivity index (χ1n) is 2.48. The maximum absolute atomic E-state index is 9.95. The van der Waals surface area contributed by atoms with Crippen molar-refractivity contribution in [2.45, 2.75) is 6.10 Å². The largest absolute Gasteiger partial charge is 0.479 e. The summed E-state index contributed by atoms with van der Waals surface area (Å²) in [6, 6.07) is 0. The molecule has 0 aliphatic heterocycles. The van der Waals surface area contributed by atoms with Crippen LogP contribution in [0.25, 0.3) is 0 Å². The second-order valence-corrected chi connectivity index (χ2v) is 1.57. The third kappa shape index (κ3) is 1.99. The molecule has 0 saturated heterocycles. The molecule has 0 spiro atoms. The van der Waals surface area contributed by atoms with Crippen molar-refractivity contribution in [1.29, 1.82) is 0 Å². The van der Waals surface area contributed by atoms with Gasteiger partial charge in [0.05, 0.1) is 5.57 Å². The molecule has 0 saturated carbocycles. The van der Waals surface area contributed by atoms with E-state index in [9.17, 15) is 9.59 Å². The van der Waals surface area contributed by atoms with Crippen LogP contribution >= 0.6 is 0 Å². The quantitative estimate of drug-likeness (QED) is 0.404. The molecular formula is C5H7NO4. The Morgan fingerprint density at radius 1 is 1.70 bits per heavy atom. The fourth-order valence-corrected chi connectivity index (χ4v) is 0.358. The number of carboxylic acids is 1. The van der Waals surface area contributed by atoms with E-state index in [0.29, 0.717) is 0 Å². The average Bonchev–Trinajstić information content (AvgIpc) is 1.90. The van der Waals surface area contributed by atoms with Gasteiger partial charge in [-0.3, -0.25) is 0 Å². The third-order valence-corrected chi connectivity index (χ3v) is 0.915. The molecule has 0 aliphatic rings. The fraction of sp³-hybridized carbons (Fsp3) is 0.400. The summed E-state index contributed by atoms with van der Waals surface area (Å²) >= 11 is 0. The molecule has 0 aromatic rings. The Hall–Kier alpha value is -1.16. The zero-order valence-electron chi connectivity index (χ0n) is 5.07. The molecule has 0 rings (SSSR count). The smallest absolute Gasteiger partial charge is 0.337 e. The molecule has 0 aromatic heterocycles.